The molecule has 0 fully saturated rings. The zero-order valence-electron chi connectivity index (χ0n) is 15.9. The molecule has 0 amide bonds. The number of nitrogens with one attached hydrogen (secondary N) is 1. The summed E-state index contributed by atoms with van der Waals surface area (Å²) in [6, 6.07) is 13.8. The van der Waals surface area contributed by atoms with Crippen LogP contribution in [0.4, 0.5) is 13.2 Å². The number of aryl methyl sites for hydroxylation is 3. The lowest BCUT2D eigenvalue weighted by Crippen LogP contribution is -2.24. The van der Waals surface area contributed by atoms with Gasteiger partial charge in [0.2, 0.25) is 0 Å². The first-order valence-electron chi connectivity index (χ1n) is 8.33. The van der Waals surface area contributed by atoms with Crippen LogP contribution in [-0.2, 0) is 9.63 Å². The zero-order chi connectivity index (χ0) is 21.5. The molecule has 0 unspecified atom stereocenters. The number of carbonyl (C=O) groups is 2. The van der Waals surface area contributed by atoms with Gasteiger partial charge in [-0.1, -0.05) is 48.0 Å². The molecule has 2 aromatic rings. The second kappa shape index (κ2) is 9.89. The lowest BCUT2D eigenvalue weighted by molar-refractivity contribution is -0.192. The highest BCUT2D eigenvalue weighted by atomic mass is 19.4. The number of halogens is 3. The molecule has 0 heterocycles. The average Bonchev–Trinajstić information content (AvgIpc) is 2.59. The van der Waals surface area contributed by atoms with Crippen LogP contribution >= 0.6 is 0 Å². The molecule has 0 saturated heterocycles. The first-order valence-corrected chi connectivity index (χ1v) is 8.33. The van der Waals surface area contributed by atoms with E-state index in [4.69, 9.17) is 14.7 Å². The second-order valence-corrected chi connectivity index (χ2v) is 6.22. The van der Waals surface area contributed by atoms with Crippen LogP contribution in [0.3, 0.4) is 0 Å². The monoisotopic (exact) mass is 397 g/mol. The molecule has 1 atom stereocenters. The van der Waals surface area contributed by atoms with E-state index in [1.807, 2.05) is 70.2 Å². The Hall–Kier alpha value is -2.87. The van der Waals surface area contributed by atoms with Crippen LogP contribution in [0.1, 0.15) is 45.6 Å². The van der Waals surface area contributed by atoms with Crippen LogP contribution in [0.25, 0.3) is 0 Å². The third-order valence-electron chi connectivity index (χ3n) is 3.75. The Morgan fingerprint density at radius 3 is 1.93 bits per heavy atom. The molecule has 0 aliphatic carbocycles. The van der Waals surface area contributed by atoms with Gasteiger partial charge < -0.3 is 9.94 Å². The van der Waals surface area contributed by atoms with Crippen molar-refractivity contribution in [2.24, 2.45) is 0 Å². The van der Waals surface area contributed by atoms with Crippen LogP contribution in [-0.4, -0.2) is 23.2 Å². The number of hydroxylamine groups is 1. The van der Waals surface area contributed by atoms with E-state index in [1.54, 1.807) is 0 Å². The Morgan fingerprint density at radius 2 is 1.50 bits per heavy atom. The number of aliphatic carboxylic acids is 1. The van der Waals surface area contributed by atoms with Gasteiger partial charge in [0.15, 0.2) is 0 Å². The fourth-order valence-corrected chi connectivity index (χ4v) is 2.50. The molecule has 2 N–H and O–H groups in total. The highest BCUT2D eigenvalue weighted by molar-refractivity contribution is 5.92. The number of alkyl halides is 3. The molecule has 2 rings (SSSR count). The lowest BCUT2D eigenvalue weighted by Gasteiger charge is -2.15. The van der Waals surface area contributed by atoms with Crippen LogP contribution < -0.4 is 5.48 Å². The fraction of sp³-hybridized carbons (Fsp3) is 0.300. The largest absolute Gasteiger partial charge is 0.490 e. The Kier molecular flexibility index (Phi) is 8.18. The van der Waals surface area contributed by atoms with Gasteiger partial charge in [-0.15, -0.1) is 5.48 Å². The smallest absolute Gasteiger partial charge is 0.475 e. The average molecular weight is 397 g/mol. The van der Waals surface area contributed by atoms with Crippen LogP contribution in [0.2, 0.25) is 0 Å². The van der Waals surface area contributed by atoms with E-state index in [-0.39, 0.29) is 12.0 Å². The van der Waals surface area contributed by atoms with Crippen molar-refractivity contribution in [3.05, 3.63) is 70.3 Å². The Balaban J connectivity index is 0.000000480. The van der Waals surface area contributed by atoms with Gasteiger partial charge in [0.05, 0.1) is 11.6 Å². The number of hydrogen-bond donors (Lipinski definition) is 2. The second-order valence-electron chi connectivity index (χ2n) is 6.22. The van der Waals surface area contributed by atoms with Gasteiger partial charge in [-0.05, 0) is 44.4 Å². The van der Waals surface area contributed by atoms with E-state index in [9.17, 15) is 18.0 Å². The Morgan fingerprint density at radius 1 is 1.04 bits per heavy atom. The SMILES string of the molecule is Cc1cc(C)c(C(=O)ON[C@@H](C)c2ccccc2)c(C)c1.O=C(O)C(F)(F)F. The van der Waals surface area contributed by atoms with Crippen molar-refractivity contribution < 1.29 is 32.7 Å². The quantitative estimate of drug-likeness (QED) is 0.734. The molecule has 0 aliphatic rings. The third-order valence-corrected chi connectivity index (χ3v) is 3.75. The lowest BCUT2D eigenvalue weighted by atomic mass is 10.0. The number of carboxylic acids is 1. The van der Waals surface area contributed by atoms with Crippen molar-refractivity contribution >= 4 is 11.9 Å². The van der Waals surface area contributed by atoms with E-state index >= 15 is 0 Å². The molecular formula is C20H22F3NO4. The molecule has 0 spiro atoms. The summed E-state index contributed by atoms with van der Waals surface area (Å²) in [7, 11) is 0. The first-order chi connectivity index (χ1) is 12.9. The van der Waals surface area contributed by atoms with Gasteiger partial charge in [-0.2, -0.15) is 13.2 Å². The maximum absolute atomic E-state index is 12.2. The van der Waals surface area contributed by atoms with Gasteiger partial charge in [-0.25, -0.2) is 9.59 Å². The van der Waals surface area contributed by atoms with Crippen LogP contribution in [0.15, 0.2) is 42.5 Å². The number of carboxylic acid groups (broad SMARTS) is 1. The summed E-state index contributed by atoms with van der Waals surface area (Å²) in [5.41, 5.74) is 7.54. The number of carbonyl (C=O) groups excluding carboxylic acids is 1. The molecule has 0 aliphatic heterocycles. The number of rotatable bonds is 4. The topological polar surface area (TPSA) is 75.6 Å². The summed E-state index contributed by atoms with van der Waals surface area (Å²) in [6.45, 7) is 7.83. The Bertz CT molecular complexity index is 797. The summed E-state index contributed by atoms with van der Waals surface area (Å²) in [5.74, 6) is -3.10. The first kappa shape index (κ1) is 23.2. The van der Waals surface area contributed by atoms with Gasteiger partial charge in [0, 0.05) is 0 Å². The van der Waals surface area contributed by atoms with Gasteiger partial charge in [-0.3, -0.25) is 0 Å². The molecule has 28 heavy (non-hydrogen) atoms. The van der Waals surface area contributed by atoms with E-state index in [0.29, 0.717) is 5.56 Å². The van der Waals surface area contributed by atoms with Crippen LogP contribution in [0, 0.1) is 20.8 Å². The predicted molar refractivity (Wildman–Crippen MR) is 97.8 cm³/mol. The number of hydrogen-bond acceptors (Lipinski definition) is 4. The minimum absolute atomic E-state index is 0.0544. The molecular weight excluding hydrogens is 375 g/mol. The molecule has 8 heteroatoms. The van der Waals surface area contributed by atoms with Crippen molar-refractivity contribution in [3.63, 3.8) is 0 Å². The van der Waals surface area contributed by atoms with Crippen LogP contribution in [0.5, 0.6) is 0 Å². The summed E-state index contributed by atoms with van der Waals surface area (Å²) in [6.07, 6.45) is -5.08. The van der Waals surface area contributed by atoms with Crippen molar-refractivity contribution in [1.29, 1.82) is 0 Å². The molecule has 5 nitrogen and oxygen atoms in total. The summed E-state index contributed by atoms with van der Waals surface area (Å²) < 4.78 is 31.7. The molecule has 0 radical (unpaired) electrons. The highest BCUT2D eigenvalue weighted by Crippen LogP contribution is 2.18. The van der Waals surface area contributed by atoms with E-state index in [1.165, 1.54) is 0 Å². The van der Waals surface area contributed by atoms with Gasteiger partial charge >= 0.3 is 18.1 Å². The highest BCUT2D eigenvalue weighted by Gasteiger charge is 2.38. The van der Waals surface area contributed by atoms with Crippen molar-refractivity contribution in [2.45, 2.75) is 39.9 Å². The van der Waals surface area contributed by atoms with Gasteiger partial charge in [0.25, 0.3) is 0 Å². The standard InChI is InChI=1S/C18H21NO2.C2HF3O2/c1-12-10-13(2)17(14(3)11-12)18(20)21-19-15(4)16-8-6-5-7-9-16;3-2(4,5)1(6)7/h5-11,15,19H,1-4H3;(H,6,7)/t15-;/m0./s1. The summed E-state index contributed by atoms with van der Waals surface area (Å²) in [4.78, 5) is 26.4. The van der Waals surface area contributed by atoms with Gasteiger partial charge in [0.1, 0.15) is 0 Å². The van der Waals surface area contributed by atoms with E-state index in [2.05, 4.69) is 5.48 Å². The minimum Gasteiger partial charge on any atom is -0.475 e. The maximum Gasteiger partial charge on any atom is 0.490 e. The van der Waals surface area contributed by atoms with E-state index < -0.39 is 12.1 Å². The normalized spacial score (nSPS) is 11.8. The van der Waals surface area contributed by atoms with Crippen molar-refractivity contribution in [1.82, 2.24) is 5.48 Å². The van der Waals surface area contributed by atoms with Crippen molar-refractivity contribution in [2.75, 3.05) is 0 Å². The summed E-state index contributed by atoms with van der Waals surface area (Å²) >= 11 is 0. The third kappa shape index (κ3) is 7.03. The summed E-state index contributed by atoms with van der Waals surface area (Å²) in [5, 5.41) is 7.12. The number of benzene rings is 2. The van der Waals surface area contributed by atoms with E-state index in [0.717, 1.165) is 22.3 Å². The fourth-order valence-electron chi connectivity index (χ4n) is 2.50. The maximum atomic E-state index is 12.2. The molecule has 0 aromatic heterocycles. The molecule has 152 valence electrons. The predicted octanol–water partition coefficient (Wildman–Crippen LogP) is 4.67. The molecule has 0 saturated carbocycles. The minimum atomic E-state index is -5.08. The van der Waals surface area contributed by atoms with Crippen molar-refractivity contribution in [3.8, 4) is 0 Å². The molecule has 0 bridgehead atoms. The Labute approximate surface area is 161 Å². The molecule has 2 aromatic carbocycles. The zero-order valence-corrected chi connectivity index (χ0v) is 15.9.